The van der Waals surface area contributed by atoms with Crippen molar-refractivity contribution in [3.63, 3.8) is 0 Å². The van der Waals surface area contributed by atoms with E-state index < -0.39 is 0 Å². The molecule has 3 fully saturated rings. The maximum atomic E-state index is 12.7. The number of rotatable bonds is 4. The molecule has 6 heteroatoms. The van der Waals surface area contributed by atoms with Crippen molar-refractivity contribution in [2.24, 2.45) is 5.92 Å². The summed E-state index contributed by atoms with van der Waals surface area (Å²) in [6.07, 6.45) is 5.92. The summed E-state index contributed by atoms with van der Waals surface area (Å²) in [4.78, 5) is 17.4. The quantitative estimate of drug-likeness (QED) is 0.851. The number of hydrogen-bond acceptors (Lipinski definition) is 3. The van der Waals surface area contributed by atoms with Crippen molar-refractivity contribution in [2.45, 2.75) is 44.6 Å². The Kier molecular flexibility index (Phi) is 7.25. The third-order valence-corrected chi connectivity index (χ3v) is 5.13. The number of halogens is 2. The lowest BCUT2D eigenvalue weighted by atomic mass is 9.92. The van der Waals surface area contributed by atoms with Crippen molar-refractivity contribution >= 4 is 30.7 Å². The van der Waals surface area contributed by atoms with Gasteiger partial charge >= 0.3 is 0 Å². The predicted octanol–water partition coefficient (Wildman–Crippen LogP) is 1.92. The second-order valence-corrected chi connectivity index (χ2v) is 6.50. The van der Waals surface area contributed by atoms with E-state index in [2.05, 4.69) is 22.0 Å². The van der Waals surface area contributed by atoms with Crippen LogP contribution in [-0.4, -0.2) is 60.5 Å². The SMILES string of the molecule is CCC1(C(=O)N2CCN(CC3CC3)CC2)CCCN1.Cl.Cl. The van der Waals surface area contributed by atoms with E-state index in [1.165, 1.54) is 19.4 Å². The average molecular weight is 338 g/mol. The maximum absolute atomic E-state index is 12.7. The van der Waals surface area contributed by atoms with Crippen LogP contribution in [0.5, 0.6) is 0 Å². The molecule has 0 spiro atoms. The highest BCUT2D eigenvalue weighted by Gasteiger charge is 2.42. The second-order valence-electron chi connectivity index (χ2n) is 6.50. The molecule has 0 bridgehead atoms. The summed E-state index contributed by atoms with van der Waals surface area (Å²) in [7, 11) is 0. The summed E-state index contributed by atoms with van der Waals surface area (Å²) in [6.45, 7) is 8.40. The molecule has 1 unspecified atom stereocenters. The molecule has 1 saturated carbocycles. The van der Waals surface area contributed by atoms with Gasteiger partial charge in [-0.15, -0.1) is 24.8 Å². The van der Waals surface area contributed by atoms with Crippen molar-refractivity contribution in [1.29, 1.82) is 0 Å². The van der Waals surface area contributed by atoms with E-state index in [1.807, 2.05) is 0 Å². The Labute approximate surface area is 140 Å². The molecule has 0 aromatic heterocycles. The minimum Gasteiger partial charge on any atom is -0.339 e. The Morgan fingerprint density at radius 2 is 1.86 bits per heavy atom. The summed E-state index contributed by atoms with van der Waals surface area (Å²) in [5, 5.41) is 3.47. The van der Waals surface area contributed by atoms with Crippen molar-refractivity contribution in [3.8, 4) is 0 Å². The molecule has 124 valence electrons. The zero-order valence-corrected chi connectivity index (χ0v) is 14.6. The van der Waals surface area contributed by atoms with Crippen LogP contribution >= 0.6 is 24.8 Å². The van der Waals surface area contributed by atoms with Gasteiger partial charge in [0.05, 0.1) is 5.54 Å². The van der Waals surface area contributed by atoms with Gasteiger partial charge in [-0.1, -0.05) is 6.92 Å². The number of nitrogens with zero attached hydrogens (tertiary/aromatic N) is 2. The van der Waals surface area contributed by atoms with Gasteiger partial charge in [-0.05, 0) is 44.6 Å². The smallest absolute Gasteiger partial charge is 0.242 e. The second kappa shape index (κ2) is 8.00. The molecule has 3 aliphatic rings. The van der Waals surface area contributed by atoms with Crippen molar-refractivity contribution in [1.82, 2.24) is 15.1 Å². The van der Waals surface area contributed by atoms with Crippen LogP contribution < -0.4 is 5.32 Å². The van der Waals surface area contributed by atoms with Gasteiger partial charge in [0.15, 0.2) is 0 Å². The molecule has 1 atom stereocenters. The molecule has 2 heterocycles. The monoisotopic (exact) mass is 337 g/mol. The molecule has 3 rings (SSSR count). The lowest BCUT2D eigenvalue weighted by Crippen LogP contribution is -2.59. The standard InChI is InChI=1S/C15H27N3O.2ClH/c1-2-15(6-3-7-16-15)14(19)18-10-8-17(9-11-18)12-13-4-5-13;;/h13,16H,2-12H2,1H3;2*1H. The molecule has 0 radical (unpaired) electrons. The summed E-state index contributed by atoms with van der Waals surface area (Å²) in [6, 6.07) is 0. The number of amides is 1. The van der Waals surface area contributed by atoms with E-state index in [1.54, 1.807) is 0 Å². The molecule has 1 N–H and O–H groups in total. The summed E-state index contributed by atoms with van der Waals surface area (Å²) in [5.74, 6) is 1.32. The van der Waals surface area contributed by atoms with Gasteiger partial charge in [0, 0.05) is 32.7 Å². The lowest BCUT2D eigenvalue weighted by Gasteiger charge is -2.39. The van der Waals surface area contributed by atoms with Crippen LogP contribution in [0.1, 0.15) is 39.0 Å². The van der Waals surface area contributed by atoms with E-state index in [9.17, 15) is 4.79 Å². The fraction of sp³-hybridized carbons (Fsp3) is 0.933. The molecular formula is C15H29Cl2N3O. The minimum atomic E-state index is -0.237. The van der Waals surface area contributed by atoms with Gasteiger partial charge in [0.2, 0.25) is 5.91 Å². The first-order valence-electron chi connectivity index (χ1n) is 8.00. The maximum Gasteiger partial charge on any atom is 0.242 e. The van der Waals surface area contributed by atoms with E-state index >= 15 is 0 Å². The molecule has 4 nitrogen and oxygen atoms in total. The molecule has 1 amide bonds. The average Bonchev–Trinajstić information content (AvgIpc) is 3.13. The molecule has 2 saturated heterocycles. The van der Waals surface area contributed by atoms with Crippen LogP contribution in [0.15, 0.2) is 0 Å². The Bertz CT molecular complexity index is 336. The highest BCUT2D eigenvalue weighted by molar-refractivity contribution is 5.87. The fourth-order valence-corrected chi connectivity index (χ4v) is 3.54. The highest BCUT2D eigenvalue weighted by Crippen LogP contribution is 2.30. The van der Waals surface area contributed by atoms with Gasteiger partial charge in [-0.3, -0.25) is 9.69 Å². The Morgan fingerprint density at radius 3 is 2.33 bits per heavy atom. The number of hydrogen-bond donors (Lipinski definition) is 1. The molecule has 0 aromatic carbocycles. The number of carbonyl (C=O) groups is 1. The van der Waals surface area contributed by atoms with E-state index in [0.717, 1.165) is 57.9 Å². The first-order valence-corrected chi connectivity index (χ1v) is 8.00. The summed E-state index contributed by atoms with van der Waals surface area (Å²) < 4.78 is 0. The summed E-state index contributed by atoms with van der Waals surface area (Å²) in [5.41, 5.74) is -0.237. The van der Waals surface area contributed by atoms with Crippen LogP contribution in [0.3, 0.4) is 0 Å². The minimum absolute atomic E-state index is 0. The van der Waals surface area contributed by atoms with Crippen molar-refractivity contribution in [2.75, 3.05) is 39.3 Å². The molecule has 1 aliphatic carbocycles. The summed E-state index contributed by atoms with van der Waals surface area (Å²) >= 11 is 0. The van der Waals surface area contributed by atoms with Crippen molar-refractivity contribution in [3.05, 3.63) is 0 Å². The van der Waals surface area contributed by atoms with Gasteiger partial charge < -0.3 is 10.2 Å². The largest absolute Gasteiger partial charge is 0.339 e. The van der Waals surface area contributed by atoms with Gasteiger partial charge in [-0.25, -0.2) is 0 Å². The fourth-order valence-electron chi connectivity index (χ4n) is 3.54. The van der Waals surface area contributed by atoms with Gasteiger partial charge in [0.25, 0.3) is 0 Å². The Hall–Kier alpha value is -0.0300. The molecule has 21 heavy (non-hydrogen) atoms. The predicted molar refractivity (Wildman–Crippen MR) is 90.5 cm³/mol. The Balaban J connectivity index is 0.00000110. The highest BCUT2D eigenvalue weighted by atomic mass is 35.5. The first-order chi connectivity index (χ1) is 9.23. The third kappa shape index (κ3) is 4.25. The van der Waals surface area contributed by atoms with Gasteiger partial charge in [0.1, 0.15) is 0 Å². The molecular weight excluding hydrogens is 309 g/mol. The third-order valence-electron chi connectivity index (χ3n) is 5.13. The van der Waals surface area contributed by atoms with Crippen LogP contribution in [-0.2, 0) is 4.79 Å². The molecule has 2 aliphatic heterocycles. The zero-order valence-electron chi connectivity index (χ0n) is 13.0. The van der Waals surface area contributed by atoms with Crippen LogP contribution in [0.2, 0.25) is 0 Å². The zero-order chi connectivity index (χ0) is 13.3. The van der Waals surface area contributed by atoms with Crippen LogP contribution in [0.4, 0.5) is 0 Å². The molecule has 0 aromatic rings. The Morgan fingerprint density at radius 1 is 1.19 bits per heavy atom. The number of piperazine rings is 1. The van der Waals surface area contributed by atoms with E-state index in [-0.39, 0.29) is 30.4 Å². The number of carbonyl (C=O) groups excluding carboxylic acids is 1. The topological polar surface area (TPSA) is 35.6 Å². The lowest BCUT2D eigenvalue weighted by molar-refractivity contribution is -0.139. The normalized spacial score (nSPS) is 29.7. The number of nitrogens with one attached hydrogen (secondary N) is 1. The van der Waals surface area contributed by atoms with Crippen LogP contribution in [0.25, 0.3) is 0 Å². The van der Waals surface area contributed by atoms with Crippen LogP contribution in [0, 0.1) is 5.92 Å². The first kappa shape index (κ1) is 19.0. The van der Waals surface area contributed by atoms with E-state index in [4.69, 9.17) is 0 Å². The van der Waals surface area contributed by atoms with Crippen molar-refractivity contribution < 1.29 is 4.79 Å². The van der Waals surface area contributed by atoms with E-state index in [0.29, 0.717) is 5.91 Å². The van der Waals surface area contributed by atoms with Gasteiger partial charge in [-0.2, -0.15) is 0 Å².